The molecule has 2 aromatic rings. The number of hydrogen-bond acceptors (Lipinski definition) is 5. The van der Waals surface area contributed by atoms with Gasteiger partial charge in [0.25, 0.3) is 0 Å². The molecule has 0 fully saturated rings. The van der Waals surface area contributed by atoms with Crippen LogP contribution in [0.5, 0.6) is 0 Å². The second-order valence-electron chi connectivity index (χ2n) is 4.16. The molecule has 102 valence electrons. The topological polar surface area (TPSA) is 51.2 Å². The number of hydrogen-bond donors (Lipinski definition) is 1. The summed E-state index contributed by atoms with van der Waals surface area (Å²) in [4.78, 5) is 15.7. The molecule has 0 aliphatic heterocycles. The van der Waals surface area contributed by atoms with Gasteiger partial charge in [0.1, 0.15) is 5.01 Å². The van der Waals surface area contributed by atoms with Crippen molar-refractivity contribution in [3.05, 3.63) is 29.3 Å². The van der Waals surface area contributed by atoms with Gasteiger partial charge in [-0.2, -0.15) is 0 Å². The molecule has 0 amide bonds. The lowest BCUT2D eigenvalue weighted by atomic mass is 10.3. The van der Waals surface area contributed by atoms with Crippen LogP contribution >= 0.6 is 11.3 Å². The molecule has 0 spiro atoms. The lowest BCUT2D eigenvalue weighted by Gasteiger charge is -2.02. The first-order chi connectivity index (χ1) is 9.29. The largest absolute Gasteiger partial charge is 0.466 e. The number of esters is 1. The van der Waals surface area contributed by atoms with E-state index in [1.165, 1.54) is 4.70 Å². The van der Waals surface area contributed by atoms with Gasteiger partial charge in [0, 0.05) is 13.0 Å². The molecule has 0 bridgehead atoms. The smallest absolute Gasteiger partial charge is 0.305 e. The summed E-state index contributed by atoms with van der Waals surface area (Å²) in [5.41, 5.74) is 1.05. The lowest BCUT2D eigenvalue weighted by molar-refractivity contribution is -0.143. The molecule has 1 N–H and O–H groups in total. The Kier molecular flexibility index (Phi) is 5.30. The third-order valence-electron chi connectivity index (χ3n) is 2.65. The van der Waals surface area contributed by atoms with Crippen LogP contribution in [0.15, 0.2) is 24.3 Å². The van der Waals surface area contributed by atoms with Crippen LogP contribution in [0, 0.1) is 0 Å². The molecule has 0 aliphatic carbocycles. The Labute approximate surface area is 116 Å². The van der Waals surface area contributed by atoms with Crippen molar-refractivity contribution < 1.29 is 9.53 Å². The second-order valence-corrected chi connectivity index (χ2v) is 5.28. The highest BCUT2D eigenvalue weighted by atomic mass is 32.1. The summed E-state index contributed by atoms with van der Waals surface area (Å²) in [6.45, 7) is 3.83. The summed E-state index contributed by atoms with van der Waals surface area (Å²) in [7, 11) is 0. The Morgan fingerprint density at radius 1 is 1.42 bits per heavy atom. The van der Waals surface area contributed by atoms with Gasteiger partial charge in [0.05, 0.1) is 16.8 Å². The average Bonchev–Trinajstić information content (AvgIpc) is 2.81. The number of aromatic nitrogens is 1. The number of para-hydroxylation sites is 1. The highest BCUT2D eigenvalue weighted by Gasteiger charge is 2.03. The number of rotatable bonds is 7. The van der Waals surface area contributed by atoms with Gasteiger partial charge in [0.15, 0.2) is 0 Å². The van der Waals surface area contributed by atoms with E-state index in [1.54, 1.807) is 11.3 Å². The lowest BCUT2D eigenvalue weighted by Crippen LogP contribution is -2.16. The number of carbonyl (C=O) groups excluding carboxylic acids is 1. The van der Waals surface area contributed by atoms with E-state index < -0.39 is 0 Å². The standard InChI is InChI=1S/C14H18N2O2S/c1-2-18-14(17)8-5-9-15-10-13-16-11-6-3-4-7-12(11)19-13/h3-4,6-7,15H,2,5,8-10H2,1H3. The van der Waals surface area contributed by atoms with Gasteiger partial charge < -0.3 is 10.1 Å². The molecule has 1 aromatic carbocycles. The predicted molar refractivity (Wildman–Crippen MR) is 77.2 cm³/mol. The number of nitrogens with zero attached hydrogens (tertiary/aromatic N) is 1. The van der Waals surface area contributed by atoms with Crippen LogP contribution in [0.25, 0.3) is 10.2 Å². The first-order valence-electron chi connectivity index (χ1n) is 6.50. The predicted octanol–water partition coefficient (Wildman–Crippen LogP) is 2.73. The molecule has 1 heterocycles. The molecule has 0 saturated carbocycles. The van der Waals surface area contributed by atoms with E-state index in [0.29, 0.717) is 13.0 Å². The van der Waals surface area contributed by atoms with Crippen LogP contribution in [-0.2, 0) is 16.1 Å². The van der Waals surface area contributed by atoms with Crippen molar-refractivity contribution in [2.75, 3.05) is 13.2 Å². The van der Waals surface area contributed by atoms with Gasteiger partial charge in [-0.1, -0.05) is 12.1 Å². The van der Waals surface area contributed by atoms with Crippen molar-refractivity contribution in [2.24, 2.45) is 0 Å². The van der Waals surface area contributed by atoms with Crippen molar-refractivity contribution in [3.8, 4) is 0 Å². The zero-order valence-electron chi connectivity index (χ0n) is 11.0. The Balaban J connectivity index is 1.69. The average molecular weight is 278 g/mol. The fourth-order valence-electron chi connectivity index (χ4n) is 1.78. The van der Waals surface area contributed by atoms with Crippen LogP contribution in [0.1, 0.15) is 24.8 Å². The van der Waals surface area contributed by atoms with Gasteiger partial charge in [-0.05, 0) is 32.0 Å². The minimum Gasteiger partial charge on any atom is -0.466 e. The van der Waals surface area contributed by atoms with Crippen LogP contribution in [0.4, 0.5) is 0 Å². The van der Waals surface area contributed by atoms with E-state index in [-0.39, 0.29) is 5.97 Å². The fraction of sp³-hybridized carbons (Fsp3) is 0.429. The maximum atomic E-state index is 11.1. The van der Waals surface area contributed by atoms with E-state index in [1.807, 2.05) is 25.1 Å². The Morgan fingerprint density at radius 2 is 2.26 bits per heavy atom. The van der Waals surface area contributed by atoms with E-state index in [9.17, 15) is 4.79 Å². The zero-order valence-corrected chi connectivity index (χ0v) is 11.8. The number of fused-ring (bicyclic) bond motifs is 1. The van der Waals surface area contributed by atoms with E-state index in [0.717, 1.165) is 30.0 Å². The first kappa shape index (κ1) is 14.0. The van der Waals surface area contributed by atoms with Crippen LogP contribution in [0.3, 0.4) is 0 Å². The van der Waals surface area contributed by atoms with E-state index in [4.69, 9.17) is 4.74 Å². The van der Waals surface area contributed by atoms with Crippen molar-refractivity contribution in [1.82, 2.24) is 10.3 Å². The van der Waals surface area contributed by atoms with Crippen molar-refractivity contribution >= 4 is 27.5 Å². The maximum absolute atomic E-state index is 11.1. The third kappa shape index (κ3) is 4.29. The summed E-state index contributed by atoms with van der Waals surface area (Å²) in [6.07, 6.45) is 1.27. The molecule has 2 rings (SSSR count). The normalized spacial score (nSPS) is 10.8. The Bertz CT molecular complexity index is 506. The molecule has 1 aromatic heterocycles. The Morgan fingerprint density at radius 3 is 3.05 bits per heavy atom. The van der Waals surface area contributed by atoms with Gasteiger partial charge in [-0.25, -0.2) is 4.98 Å². The van der Waals surface area contributed by atoms with Crippen LogP contribution in [0.2, 0.25) is 0 Å². The van der Waals surface area contributed by atoms with Gasteiger partial charge in [-0.15, -0.1) is 11.3 Å². The minimum atomic E-state index is -0.121. The molecular weight excluding hydrogens is 260 g/mol. The molecular formula is C14H18N2O2S. The molecule has 5 heteroatoms. The molecule has 0 saturated heterocycles. The summed E-state index contributed by atoms with van der Waals surface area (Å²) in [5.74, 6) is -0.121. The van der Waals surface area contributed by atoms with E-state index >= 15 is 0 Å². The quantitative estimate of drug-likeness (QED) is 0.625. The minimum absolute atomic E-state index is 0.121. The van der Waals surface area contributed by atoms with Crippen molar-refractivity contribution in [3.63, 3.8) is 0 Å². The van der Waals surface area contributed by atoms with Gasteiger partial charge in [0.2, 0.25) is 0 Å². The summed E-state index contributed by atoms with van der Waals surface area (Å²) < 4.78 is 6.08. The van der Waals surface area contributed by atoms with Gasteiger partial charge in [-0.3, -0.25) is 4.79 Å². The number of benzene rings is 1. The SMILES string of the molecule is CCOC(=O)CCCNCc1nc2ccccc2s1. The first-order valence-corrected chi connectivity index (χ1v) is 7.32. The Hall–Kier alpha value is -1.46. The summed E-state index contributed by atoms with van der Waals surface area (Å²) in [5, 5.41) is 4.38. The molecule has 4 nitrogen and oxygen atoms in total. The third-order valence-corrected chi connectivity index (χ3v) is 3.69. The number of ether oxygens (including phenoxy) is 1. The van der Waals surface area contributed by atoms with Gasteiger partial charge >= 0.3 is 5.97 Å². The van der Waals surface area contributed by atoms with E-state index in [2.05, 4.69) is 16.4 Å². The zero-order chi connectivity index (χ0) is 13.5. The molecule has 19 heavy (non-hydrogen) atoms. The highest BCUT2D eigenvalue weighted by molar-refractivity contribution is 7.18. The van der Waals surface area contributed by atoms with Crippen LogP contribution in [-0.4, -0.2) is 24.1 Å². The van der Waals surface area contributed by atoms with Crippen LogP contribution < -0.4 is 5.32 Å². The highest BCUT2D eigenvalue weighted by Crippen LogP contribution is 2.21. The summed E-state index contributed by atoms with van der Waals surface area (Å²) in [6, 6.07) is 8.13. The molecule has 0 unspecified atom stereocenters. The molecule has 0 aliphatic rings. The summed E-state index contributed by atoms with van der Waals surface area (Å²) >= 11 is 1.70. The molecule has 0 radical (unpaired) electrons. The number of thiazole rings is 1. The monoisotopic (exact) mass is 278 g/mol. The maximum Gasteiger partial charge on any atom is 0.305 e. The number of nitrogens with one attached hydrogen (secondary N) is 1. The fourth-order valence-corrected chi connectivity index (χ4v) is 2.72. The molecule has 0 atom stereocenters. The second kappa shape index (κ2) is 7.21. The van der Waals surface area contributed by atoms with Crippen molar-refractivity contribution in [1.29, 1.82) is 0 Å². The van der Waals surface area contributed by atoms with Crippen molar-refractivity contribution in [2.45, 2.75) is 26.3 Å². The number of carbonyl (C=O) groups is 1.